The van der Waals surface area contributed by atoms with Gasteiger partial charge in [0, 0.05) is 26.7 Å². The van der Waals surface area contributed by atoms with E-state index < -0.39 is 10.0 Å². The minimum absolute atomic E-state index is 0.109. The van der Waals surface area contributed by atoms with E-state index >= 15 is 0 Å². The molecule has 1 amide bonds. The lowest BCUT2D eigenvalue weighted by Gasteiger charge is -2.32. The number of sulfonamides is 1. The summed E-state index contributed by atoms with van der Waals surface area (Å²) in [6.07, 6.45) is 0.490. The zero-order valence-electron chi connectivity index (χ0n) is 17.7. The number of nitrogens with one attached hydrogen (secondary N) is 1. The van der Waals surface area contributed by atoms with Gasteiger partial charge in [-0.2, -0.15) is 0 Å². The molecule has 3 N–H and O–H groups in total. The molecule has 0 spiro atoms. The Kier molecular flexibility index (Phi) is 7.32. The molecule has 31 heavy (non-hydrogen) atoms. The van der Waals surface area contributed by atoms with Crippen LogP contribution in [0.4, 0.5) is 0 Å². The zero-order chi connectivity index (χ0) is 22.6. The number of aliphatic hydroxyl groups excluding tert-OH is 1. The SMILES string of the molecule is CNS(=O)(=O)c1ccc(CC(=O)N(C)[C@H](CN2CC[C@H](O)C2)c2ccc(O)cc2)cc1. The Morgan fingerprint density at radius 3 is 2.39 bits per heavy atom. The molecule has 2 aromatic carbocycles. The lowest BCUT2D eigenvalue weighted by Crippen LogP contribution is -2.39. The Bertz CT molecular complexity index is 993. The number of phenols is 1. The van der Waals surface area contributed by atoms with E-state index in [0.717, 1.165) is 12.1 Å². The highest BCUT2D eigenvalue weighted by atomic mass is 32.2. The van der Waals surface area contributed by atoms with E-state index in [1.165, 1.54) is 19.2 Å². The monoisotopic (exact) mass is 447 g/mol. The highest BCUT2D eigenvalue weighted by Crippen LogP contribution is 2.25. The van der Waals surface area contributed by atoms with Gasteiger partial charge in [-0.05, 0) is 48.9 Å². The Morgan fingerprint density at radius 1 is 1.19 bits per heavy atom. The molecule has 8 nitrogen and oxygen atoms in total. The smallest absolute Gasteiger partial charge is 0.240 e. The number of hydrogen-bond acceptors (Lipinski definition) is 6. The normalized spacial score (nSPS) is 18.1. The first-order chi connectivity index (χ1) is 14.7. The quantitative estimate of drug-likeness (QED) is 0.559. The second-order valence-electron chi connectivity index (χ2n) is 7.84. The number of hydrogen-bond donors (Lipinski definition) is 3. The van der Waals surface area contributed by atoms with Gasteiger partial charge in [-0.15, -0.1) is 0 Å². The van der Waals surface area contributed by atoms with Gasteiger partial charge in [-0.25, -0.2) is 13.1 Å². The van der Waals surface area contributed by atoms with Crippen LogP contribution in [0.1, 0.15) is 23.6 Å². The van der Waals surface area contributed by atoms with Gasteiger partial charge in [-0.3, -0.25) is 9.69 Å². The molecular formula is C22H29N3O5S. The number of carbonyl (C=O) groups is 1. The first kappa shape index (κ1) is 23.2. The first-order valence-electron chi connectivity index (χ1n) is 10.2. The number of nitrogens with zero attached hydrogens (tertiary/aromatic N) is 2. The number of amides is 1. The topological polar surface area (TPSA) is 110 Å². The summed E-state index contributed by atoms with van der Waals surface area (Å²) < 4.78 is 26.0. The van der Waals surface area contributed by atoms with Crippen molar-refractivity contribution in [2.75, 3.05) is 33.7 Å². The van der Waals surface area contributed by atoms with Crippen molar-refractivity contribution in [3.05, 3.63) is 59.7 Å². The van der Waals surface area contributed by atoms with Crippen LogP contribution in [0.3, 0.4) is 0 Å². The summed E-state index contributed by atoms with van der Waals surface area (Å²) in [5, 5.41) is 19.5. The number of rotatable bonds is 8. The zero-order valence-corrected chi connectivity index (χ0v) is 18.5. The molecule has 2 aromatic rings. The van der Waals surface area contributed by atoms with E-state index in [0.29, 0.717) is 25.1 Å². The fourth-order valence-corrected chi connectivity index (χ4v) is 4.48. The fraction of sp³-hybridized carbons (Fsp3) is 0.409. The van der Waals surface area contributed by atoms with Gasteiger partial charge in [0.05, 0.1) is 23.5 Å². The van der Waals surface area contributed by atoms with Gasteiger partial charge in [0.2, 0.25) is 15.9 Å². The third kappa shape index (κ3) is 5.82. The third-order valence-corrected chi connectivity index (χ3v) is 7.11. The molecular weight excluding hydrogens is 418 g/mol. The number of aliphatic hydroxyl groups is 1. The number of benzene rings is 2. The molecule has 9 heteroatoms. The lowest BCUT2D eigenvalue weighted by atomic mass is 10.0. The molecule has 0 radical (unpaired) electrons. The fourth-order valence-electron chi connectivity index (χ4n) is 3.75. The predicted molar refractivity (Wildman–Crippen MR) is 117 cm³/mol. The van der Waals surface area contributed by atoms with Crippen LogP contribution >= 0.6 is 0 Å². The molecule has 1 heterocycles. The number of β-amino-alcohol motifs (C(OH)–C–C–N with tert-alkyl or cyclic N) is 1. The van der Waals surface area contributed by atoms with E-state index in [4.69, 9.17) is 0 Å². The van der Waals surface area contributed by atoms with Crippen molar-refractivity contribution in [3.8, 4) is 5.75 Å². The molecule has 1 fully saturated rings. The highest BCUT2D eigenvalue weighted by Gasteiger charge is 2.28. The molecule has 3 rings (SSSR count). The van der Waals surface area contributed by atoms with Crippen LogP contribution in [0.5, 0.6) is 5.75 Å². The molecule has 0 aromatic heterocycles. The van der Waals surface area contributed by atoms with Crippen molar-refractivity contribution in [2.45, 2.75) is 29.9 Å². The summed E-state index contributed by atoms with van der Waals surface area (Å²) in [7, 11) is -0.428. The summed E-state index contributed by atoms with van der Waals surface area (Å²) in [5.41, 5.74) is 1.61. The third-order valence-electron chi connectivity index (χ3n) is 5.68. The minimum Gasteiger partial charge on any atom is -0.508 e. The Morgan fingerprint density at radius 2 is 1.84 bits per heavy atom. The van der Waals surface area contributed by atoms with Crippen LogP contribution in [0.15, 0.2) is 53.4 Å². The summed E-state index contributed by atoms with van der Waals surface area (Å²) >= 11 is 0. The molecule has 0 unspecified atom stereocenters. The van der Waals surface area contributed by atoms with Crippen LogP contribution in [-0.4, -0.2) is 74.2 Å². The van der Waals surface area contributed by atoms with Crippen molar-refractivity contribution in [2.24, 2.45) is 0 Å². The standard InChI is InChI=1S/C22H29N3O5S/c1-23-31(29,30)20-9-3-16(4-10-20)13-22(28)24(2)21(15-25-12-11-19(27)14-25)17-5-7-18(26)8-6-17/h3-10,19,21,23,26-27H,11-15H2,1-2H3/t19-,21+/m0/s1. The Hall–Kier alpha value is -2.46. The lowest BCUT2D eigenvalue weighted by molar-refractivity contribution is -0.131. The first-order valence-corrected chi connectivity index (χ1v) is 11.7. The summed E-state index contributed by atoms with van der Waals surface area (Å²) in [6, 6.07) is 12.8. The van der Waals surface area contributed by atoms with E-state index in [1.54, 1.807) is 48.3 Å². The molecule has 2 atom stereocenters. The summed E-state index contributed by atoms with van der Waals surface area (Å²) in [6.45, 7) is 1.90. The van der Waals surface area contributed by atoms with E-state index in [2.05, 4.69) is 9.62 Å². The molecule has 1 aliphatic rings. The molecule has 0 aliphatic carbocycles. The van der Waals surface area contributed by atoms with Crippen molar-refractivity contribution < 1.29 is 23.4 Å². The van der Waals surface area contributed by atoms with Crippen LogP contribution in [0.25, 0.3) is 0 Å². The van der Waals surface area contributed by atoms with Gasteiger partial charge in [0.1, 0.15) is 5.75 Å². The molecule has 1 aliphatic heterocycles. The number of phenolic OH excluding ortho intramolecular Hbond substituents is 1. The van der Waals surface area contributed by atoms with Crippen LogP contribution in [0.2, 0.25) is 0 Å². The van der Waals surface area contributed by atoms with Crippen LogP contribution in [-0.2, 0) is 21.2 Å². The minimum atomic E-state index is -3.52. The van der Waals surface area contributed by atoms with Gasteiger partial charge < -0.3 is 15.1 Å². The molecule has 0 saturated carbocycles. The number of likely N-dealkylation sites (N-methyl/N-ethyl adjacent to an activating group) is 1. The average molecular weight is 448 g/mol. The molecule has 168 valence electrons. The average Bonchev–Trinajstić information content (AvgIpc) is 3.17. The van der Waals surface area contributed by atoms with Crippen LogP contribution in [0, 0.1) is 0 Å². The maximum absolute atomic E-state index is 13.0. The maximum Gasteiger partial charge on any atom is 0.240 e. The highest BCUT2D eigenvalue weighted by molar-refractivity contribution is 7.89. The van der Waals surface area contributed by atoms with Crippen molar-refractivity contribution in [3.63, 3.8) is 0 Å². The number of aromatic hydroxyl groups is 1. The van der Waals surface area contributed by atoms with Gasteiger partial charge in [0.25, 0.3) is 0 Å². The maximum atomic E-state index is 13.0. The van der Waals surface area contributed by atoms with Gasteiger partial charge >= 0.3 is 0 Å². The van der Waals surface area contributed by atoms with Crippen molar-refractivity contribution in [1.82, 2.24) is 14.5 Å². The van der Waals surface area contributed by atoms with Crippen LogP contribution < -0.4 is 4.72 Å². The van der Waals surface area contributed by atoms with E-state index in [1.807, 2.05) is 0 Å². The van der Waals surface area contributed by atoms with Gasteiger partial charge in [0.15, 0.2) is 0 Å². The van der Waals surface area contributed by atoms with E-state index in [-0.39, 0.29) is 35.1 Å². The predicted octanol–water partition coefficient (Wildman–Crippen LogP) is 1.11. The Balaban J connectivity index is 1.75. The van der Waals surface area contributed by atoms with E-state index in [9.17, 15) is 23.4 Å². The van der Waals surface area contributed by atoms with Crippen molar-refractivity contribution in [1.29, 1.82) is 0 Å². The van der Waals surface area contributed by atoms with Gasteiger partial charge in [-0.1, -0.05) is 24.3 Å². The summed E-state index contributed by atoms with van der Waals surface area (Å²) in [4.78, 5) is 17.0. The summed E-state index contributed by atoms with van der Waals surface area (Å²) in [5.74, 6) is 0.0479. The Labute approximate surface area is 183 Å². The number of carbonyl (C=O) groups excluding carboxylic acids is 1. The van der Waals surface area contributed by atoms with Crippen molar-refractivity contribution >= 4 is 15.9 Å². The largest absolute Gasteiger partial charge is 0.508 e. The second-order valence-corrected chi connectivity index (χ2v) is 9.73. The second kappa shape index (κ2) is 9.78. The molecule has 1 saturated heterocycles. The molecule has 0 bridgehead atoms. The number of likely N-dealkylation sites (tertiary alicyclic amines) is 1.